The van der Waals surface area contributed by atoms with E-state index >= 15 is 0 Å². The molecule has 7 heteroatoms. The molecule has 5 nitrogen and oxygen atoms in total. The third kappa shape index (κ3) is 2.81. The largest absolute Gasteiger partial charge is 0.480 e. The topological polar surface area (TPSA) is 60.5 Å². The van der Waals surface area contributed by atoms with E-state index in [0.717, 1.165) is 17.1 Å². The van der Waals surface area contributed by atoms with E-state index in [1.54, 1.807) is 0 Å². The van der Waals surface area contributed by atoms with Crippen molar-refractivity contribution in [2.45, 2.75) is 12.1 Å². The molecule has 110 valence electrons. The molecule has 2 heterocycles. The van der Waals surface area contributed by atoms with Gasteiger partial charge in [0, 0.05) is 0 Å². The van der Waals surface area contributed by atoms with Gasteiger partial charge < -0.3 is 14.8 Å². The first kappa shape index (κ1) is 14.5. The molecule has 21 heavy (non-hydrogen) atoms. The van der Waals surface area contributed by atoms with Gasteiger partial charge in [0.1, 0.15) is 15.5 Å². The number of aromatic nitrogens is 1. The molecule has 1 aromatic heterocycles. The molecule has 0 radical (unpaired) electrons. The van der Waals surface area contributed by atoms with E-state index in [9.17, 15) is 4.79 Å². The van der Waals surface area contributed by atoms with Gasteiger partial charge in [0.25, 0.3) is 5.91 Å². The Labute approximate surface area is 134 Å². The van der Waals surface area contributed by atoms with E-state index in [4.69, 9.17) is 9.47 Å². The summed E-state index contributed by atoms with van der Waals surface area (Å²) >= 11 is 4.44. The molecule has 1 amide bonds. The lowest BCUT2D eigenvalue weighted by atomic mass is 9.98. The van der Waals surface area contributed by atoms with Gasteiger partial charge in [-0.3, -0.25) is 4.79 Å². The van der Waals surface area contributed by atoms with Crippen molar-refractivity contribution in [3.05, 3.63) is 45.2 Å². The minimum atomic E-state index is -0.170. The SMILES string of the molecule is COc1nsc(C(=O)N[C@@H]2CO[C@H]2c2ccccc2)c1Br. The van der Waals surface area contributed by atoms with E-state index in [1.807, 2.05) is 30.3 Å². The second-order valence-corrected chi connectivity index (χ2v) is 6.15. The fraction of sp³-hybridized carbons (Fsp3) is 0.286. The second kappa shape index (κ2) is 6.13. The number of benzene rings is 1. The Morgan fingerprint density at radius 2 is 2.24 bits per heavy atom. The Bertz CT molecular complexity index is 647. The number of ether oxygens (including phenoxy) is 2. The Kier molecular flexibility index (Phi) is 4.23. The molecule has 1 saturated heterocycles. The molecular weight excluding hydrogens is 356 g/mol. The molecule has 0 unspecified atom stereocenters. The number of carbonyl (C=O) groups excluding carboxylic acids is 1. The monoisotopic (exact) mass is 368 g/mol. The number of nitrogens with one attached hydrogen (secondary N) is 1. The first-order chi connectivity index (χ1) is 10.2. The van der Waals surface area contributed by atoms with Crippen LogP contribution in [0.2, 0.25) is 0 Å². The van der Waals surface area contributed by atoms with Gasteiger partial charge in [0.2, 0.25) is 5.88 Å². The lowest BCUT2D eigenvalue weighted by Gasteiger charge is -2.37. The summed E-state index contributed by atoms with van der Waals surface area (Å²) in [6, 6.07) is 9.83. The van der Waals surface area contributed by atoms with Crippen molar-refractivity contribution >= 4 is 33.4 Å². The van der Waals surface area contributed by atoms with Gasteiger partial charge in [-0.05, 0) is 33.0 Å². The lowest BCUT2D eigenvalue weighted by Crippen LogP contribution is -2.50. The predicted molar refractivity (Wildman–Crippen MR) is 82.8 cm³/mol. The summed E-state index contributed by atoms with van der Waals surface area (Å²) in [4.78, 5) is 12.8. The van der Waals surface area contributed by atoms with Crippen LogP contribution >= 0.6 is 27.5 Å². The predicted octanol–water partition coefficient (Wildman–Crippen LogP) is 2.78. The average Bonchev–Trinajstić information content (AvgIpc) is 2.85. The Balaban J connectivity index is 1.69. The van der Waals surface area contributed by atoms with Crippen LogP contribution < -0.4 is 10.1 Å². The first-order valence-electron chi connectivity index (χ1n) is 6.37. The van der Waals surface area contributed by atoms with E-state index in [0.29, 0.717) is 21.8 Å². The smallest absolute Gasteiger partial charge is 0.264 e. The molecule has 1 aromatic carbocycles. The normalized spacial score (nSPS) is 20.7. The van der Waals surface area contributed by atoms with Crippen LogP contribution in [0, 0.1) is 0 Å². The molecule has 1 aliphatic rings. The molecule has 1 aliphatic heterocycles. The summed E-state index contributed by atoms with van der Waals surface area (Å²) in [6.45, 7) is 0.513. The summed E-state index contributed by atoms with van der Waals surface area (Å²) in [6.07, 6.45) is -0.0938. The van der Waals surface area contributed by atoms with Gasteiger partial charge in [0.05, 0.1) is 19.8 Å². The standard InChI is InChI=1S/C14H13BrN2O3S/c1-19-14-10(15)12(21-17-14)13(18)16-9-7-20-11(9)8-5-3-2-4-6-8/h2-6,9,11H,7H2,1H3,(H,16,18)/t9-,11+/m1/s1. The molecular formula is C14H13BrN2O3S. The van der Waals surface area contributed by atoms with Crippen molar-refractivity contribution in [1.29, 1.82) is 0 Å². The van der Waals surface area contributed by atoms with Gasteiger partial charge in [-0.15, -0.1) is 0 Å². The molecule has 3 rings (SSSR count). The maximum atomic E-state index is 12.3. The number of rotatable bonds is 4. The molecule has 0 saturated carbocycles. The first-order valence-corrected chi connectivity index (χ1v) is 7.94. The maximum Gasteiger partial charge on any atom is 0.264 e. The van der Waals surface area contributed by atoms with Crippen LogP contribution in [0.25, 0.3) is 0 Å². The summed E-state index contributed by atoms with van der Waals surface area (Å²) < 4.78 is 15.3. The van der Waals surface area contributed by atoms with Crippen LogP contribution in [0.1, 0.15) is 21.3 Å². The van der Waals surface area contributed by atoms with Crippen molar-refractivity contribution in [2.24, 2.45) is 0 Å². The summed E-state index contributed by atoms with van der Waals surface area (Å²) in [5, 5.41) is 2.98. The third-order valence-electron chi connectivity index (χ3n) is 3.27. The van der Waals surface area contributed by atoms with Crippen LogP contribution in [0.4, 0.5) is 0 Å². The number of hydrogen-bond acceptors (Lipinski definition) is 5. The van der Waals surface area contributed by atoms with Gasteiger partial charge in [0.15, 0.2) is 0 Å². The van der Waals surface area contributed by atoms with Crippen molar-refractivity contribution < 1.29 is 14.3 Å². The number of amides is 1. The number of halogens is 1. The van der Waals surface area contributed by atoms with Crippen LogP contribution in [0.15, 0.2) is 34.8 Å². The highest BCUT2D eigenvalue weighted by atomic mass is 79.9. The average molecular weight is 369 g/mol. The van der Waals surface area contributed by atoms with E-state index in [1.165, 1.54) is 7.11 Å². The van der Waals surface area contributed by atoms with Crippen LogP contribution in [0.3, 0.4) is 0 Å². The highest BCUT2D eigenvalue weighted by Crippen LogP contribution is 2.33. The summed E-state index contributed by atoms with van der Waals surface area (Å²) in [5.74, 6) is 0.256. The Morgan fingerprint density at radius 3 is 2.81 bits per heavy atom. The highest BCUT2D eigenvalue weighted by molar-refractivity contribution is 9.10. The zero-order valence-electron chi connectivity index (χ0n) is 11.2. The zero-order valence-corrected chi connectivity index (χ0v) is 13.6. The van der Waals surface area contributed by atoms with Gasteiger partial charge in [-0.2, -0.15) is 4.37 Å². The molecule has 2 atom stereocenters. The van der Waals surface area contributed by atoms with E-state index in [-0.39, 0.29) is 18.1 Å². The Morgan fingerprint density at radius 1 is 1.48 bits per heavy atom. The van der Waals surface area contributed by atoms with Crippen LogP contribution in [-0.2, 0) is 4.74 Å². The van der Waals surface area contributed by atoms with Crippen molar-refractivity contribution in [2.75, 3.05) is 13.7 Å². The molecule has 0 aliphatic carbocycles. The summed E-state index contributed by atoms with van der Waals surface area (Å²) in [5.41, 5.74) is 1.06. The van der Waals surface area contributed by atoms with E-state index < -0.39 is 0 Å². The van der Waals surface area contributed by atoms with Crippen molar-refractivity contribution in [3.8, 4) is 5.88 Å². The van der Waals surface area contributed by atoms with Crippen LogP contribution in [-0.4, -0.2) is 30.0 Å². The third-order valence-corrected chi connectivity index (χ3v) is 5.10. The van der Waals surface area contributed by atoms with Crippen molar-refractivity contribution in [3.63, 3.8) is 0 Å². The van der Waals surface area contributed by atoms with E-state index in [2.05, 4.69) is 25.6 Å². The zero-order chi connectivity index (χ0) is 14.8. The van der Waals surface area contributed by atoms with Gasteiger partial charge in [-0.25, -0.2) is 0 Å². The van der Waals surface area contributed by atoms with Gasteiger partial charge in [-0.1, -0.05) is 30.3 Å². The quantitative estimate of drug-likeness (QED) is 0.901. The number of hydrogen-bond donors (Lipinski definition) is 1. The lowest BCUT2D eigenvalue weighted by molar-refractivity contribution is -0.0860. The fourth-order valence-electron chi connectivity index (χ4n) is 2.14. The minimum absolute atomic E-state index is 0.0279. The molecule has 1 fully saturated rings. The molecule has 0 spiro atoms. The highest BCUT2D eigenvalue weighted by Gasteiger charge is 2.35. The van der Waals surface area contributed by atoms with Crippen LogP contribution in [0.5, 0.6) is 5.88 Å². The number of nitrogens with zero attached hydrogens (tertiary/aromatic N) is 1. The maximum absolute atomic E-state index is 12.3. The minimum Gasteiger partial charge on any atom is -0.480 e. The Hall–Kier alpha value is -1.44. The number of carbonyl (C=O) groups is 1. The number of methoxy groups -OCH3 is 1. The summed E-state index contributed by atoms with van der Waals surface area (Å²) in [7, 11) is 1.52. The van der Waals surface area contributed by atoms with Crippen molar-refractivity contribution in [1.82, 2.24) is 9.69 Å². The molecule has 1 N–H and O–H groups in total. The fourth-order valence-corrected chi connectivity index (χ4v) is 3.56. The molecule has 0 bridgehead atoms. The second-order valence-electron chi connectivity index (χ2n) is 4.58. The molecule has 2 aromatic rings. The van der Waals surface area contributed by atoms with Gasteiger partial charge >= 0.3 is 0 Å².